The zero-order chi connectivity index (χ0) is 14.6. The third kappa shape index (κ3) is 7.91. The van der Waals surface area contributed by atoms with Crippen LogP contribution in [-0.2, 0) is 4.79 Å². The molecule has 1 fully saturated rings. The molecule has 0 radical (unpaired) electrons. The molecule has 0 amide bonds. The van der Waals surface area contributed by atoms with E-state index in [-0.39, 0.29) is 0 Å². The first kappa shape index (κ1) is 17.5. The highest BCUT2D eigenvalue weighted by Crippen LogP contribution is 2.38. The van der Waals surface area contributed by atoms with Crippen LogP contribution in [0.5, 0.6) is 0 Å². The van der Waals surface area contributed by atoms with E-state index >= 15 is 0 Å². The van der Waals surface area contributed by atoms with Crippen molar-refractivity contribution in [3.63, 3.8) is 0 Å². The van der Waals surface area contributed by atoms with Crippen molar-refractivity contribution in [2.24, 2.45) is 11.8 Å². The molecule has 0 aliphatic heterocycles. The zero-order valence-corrected chi connectivity index (χ0v) is 13.4. The molecule has 1 aliphatic carbocycles. The number of rotatable bonds is 12. The number of aliphatic carboxylic acids is 1. The Morgan fingerprint density at radius 1 is 0.900 bits per heavy atom. The molecule has 1 saturated carbocycles. The van der Waals surface area contributed by atoms with Crippen LogP contribution >= 0.6 is 0 Å². The lowest BCUT2D eigenvalue weighted by molar-refractivity contribution is -0.137. The summed E-state index contributed by atoms with van der Waals surface area (Å²) >= 11 is 0. The van der Waals surface area contributed by atoms with E-state index in [2.05, 4.69) is 6.92 Å². The van der Waals surface area contributed by atoms with Gasteiger partial charge in [0.2, 0.25) is 0 Å². The van der Waals surface area contributed by atoms with Gasteiger partial charge in [-0.1, -0.05) is 84.0 Å². The third-order valence-electron chi connectivity index (χ3n) is 4.96. The van der Waals surface area contributed by atoms with Crippen molar-refractivity contribution < 1.29 is 9.90 Å². The molecule has 0 saturated heterocycles. The number of carbonyl (C=O) groups is 1. The van der Waals surface area contributed by atoms with Crippen molar-refractivity contribution in [3.8, 4) is 0 Å². The fourth-order valence-corrected chi connectivity index (χ4v) is 3.74. The fourth-order valence-electron chi connectivity index (χ4n) is 3.74. The van der Waals surface area contributed by atoms with E-state index in [4.69, 9.17) is 5.11 Å². The van der Waals surface area contributed by atoms with Crippen LogP contribution in [0.2, 0.25) is 0 Å². The Morgan fingerprint density at radius 2 is 1.45 bits per heavy atom. The van der Waals surface area contributed by atoms with Gasteiger partial charge in [-0.3, -0.25) is 4.79 Å². The maximum absolute atomic E-state index is 10.4. The molecule has 1 rings (SSSR count). The lowest BCUT2D eigenvalue weighted by Crippen LogP contribution is -2.08. The number of carboxylic acids is 1. The monoisotopic (exact) mass is 282 g/mol. The Morgan fingerprint density at radius 3 is 2.00 bits per heavy atom. The van der Waals surface area contributed by atoms with Crippen LogP contribution in [0.4, 0.5) is 0 Å². The molecular formula is C18H34O2. The molecule has 0 aromatic heterocycles. The molecule has 2 unspecified atom stereocenters. The molecule has 2 atom stereocenters. The van der Waals surface area contributed by atoms with E-state index in [1.54, 1.807) is 0 Å². The quantitative estimate of drug-likeness (QED) is 0.459. The summed E-state index contributed by atoms with van der Waals surface area (Å²) in [7, 11) is 0. The summed E-state index contributed by atoms with van der Waals surface area (Å²) in [5.41, 5.74) is 0. The summed E-state index contributed by atoms with van der Waals surface area (Å²) in [5, 5.41) is 8.60. The molecule has 20 heavy (non-hydrogen) atoms. The highest BCUT2D eigenvalue weighted by molar-refractivity contribution is 5.66. The van der Waals surface area contributed by atoms with Gasteiger partial charge < -0.3 is 5.11 Å². The van der Waals surface area contributed by atoms with Crippen molar-refractivity contribution >= 4 is 5.97 Å². The van der Waals surface area contributed by atoms with Gasteiger partial charge >= 0.3 is 5.97 Å². The fraction of sp³-hybridized carbons (Fsp3) is 0.944. The molecule has 2 nitrogen and oxygen atoms in total. The second-order valence-electron chi connectivity index (χ2n) is 6.65. The highest BCUT2D eigenvalue weighted by atomic mass is 16.4. The molecule has 0 spiro atoms. The van der Waals surface area contributed by atoms with Gasteiger partial charge in [0.25, 0.3) is 0 Å². The standard InChI is InChI=1S/C18H34O2/c1-2-3-4-7-11-16-13-10-14-17(16)12-8-5-6-9-15-18(19)20/h16-17H,2-15H2,1H3,(H,19,20). The van der Waals surface area contributed by atoms with Gasteiger partial charge in [-0.15, -0.1) is 0 Å². The van der Waals surface area contributed by atoms with E-state index in [0.29, 0.717) is 6.42 Å². The Labute approximate surface area is 125 Å². The second-order valence-corrected chi connectivity index (χ2v) is 6.65. The first-order valence-corrected chi connectivity index (χ1v) is 8.95. The van der Waals surface area contributed by atoms with Crippen molar-refractivity contribution in [3.05, 3.63) is 0 Å². The highest BCUT2D eigenvalue weighted by Gasteiger charge is 2.25. The number of hydrogen-bond donors (Lipinski definition) is 1. The first-order chi connectivity index (χ1) is 9.74. The van der Waals surface area contributed by atoms with Gasteiger partial charge in [0.1, 0.15) is 0 Å². The predicted octanol–water partition coefficient (Wildman–Crippen LogP) is 5.80. The Balaban J connectivity index is 2.01. The van der Waals surface area contributed by atoms with Gasteiger partial charge in [0, 0.05) is 6.42 Å². The molecule has 2 heteroatoms. The summed E-state index contributed by atoms with van der Waals surface area (Å²) in [6, 6.07) is 0. The maximum atomic E-state index is 10.4. The van der Waals surface area contributed by atoms with Gasteiger partial charge in [-0.2, -0.15) is 0 Å². The van der Waals surface area contributed by atoms with E-state index in [9.17, 15) is 4.79 Å². The van der Waals surface area contributed by atoms with Gasteiger partial charge in [-0.05, 0) is 18.3 Å². The number of hydrogen-bond acceptors (Lipinski definition) is 1. The van der Waals surface area contributed by atoms with E-state index in [0.717, 1.165) is 24.7 Å². The first-order valence-electron chi connectivity index (χ1n) is 8.95. The van der Waals surface area contributed by atoms with E-state index < -0.39 is 5.97 Å². The molecule has 0 aromatic carbocycles. The smallest absolute Gasteiger partial charge is 0.303 e. The Hall–Kier alpha value is -0.530. The predicted molar refractivity (Wildman–Crippen MR) is 84.9 cm³/mol. The molecule has 0 aromatic rings. The van der Waals surface area contributed by atoms with Crippen LogP contribution < -0.4 is 0 Å². The second kappa shape index (κ2) is 11.2. The molecule has 0 heterocycles. The van der Waals surface area contributed by atoms with E-state index in [1.807, 2.05) is 0 Å². The van der Waals surface area contributed by atoms with Crippen molar-refractivity contribution in [1.29, 1.82) is 0 Å². The summed E-state index contributed by atoms with van der Waals surface area (Å²) in [6.07, 6.45) is 17.7. The van der Waals surface area contributed by atoms with Crippen LogP contribution in [0, 0.1) is 11.8 Å². The van der Waals surface area contributed by atoms with Gasteiger partial charge in [0.05, 0.1) is 0 Å². The zero-order valence-electron chi connectivity index (χ0n) is 13.4. The van der Waals surface area contributed by atoms with Gasteiger partial charge in [0.15, 0.2) is 0 Å². The molecule has 1 aliphatic rings. The molecular weight excluding hydrogens is 248 g/mol. The summed E-state index contributed by atoms with van der Waals surface area (Å²) in [5.74, 6) is 1.34. The van der Waals surface area contributed by atoms with Crippen LogP contribution in [0.3, 0.4) is 0 Å². The average molecular weight is 282 g/mol. The maximum Gasteiger partial charge on any atom is 0.303 e. The number of carboxylic acid groups (broad SMARTS) is 1. The van der Waals surface area contributed by atoms with Crippen LogP contribution in [0.15, 0.2) is 0 Å². The SMILES string of the molecule is CCCCCCC1CCCC1CCCCCCC(=O)O. The lowest BCUT2D eigenvalue weighted by atomic mass is 9.87. The summed E-state index contributed by atoms with van der Waals surface area (Å²) < 4.78 is 0. The largest absolute Gasteiger partial charge is 0.481 e. The summed E-state index contributed by atoms with van der Waals surface area (Å²) in [6.45, 7) is 2.28. The molecule has 118 valence electrons. The molecule has 0 bridgehead atoms. The van der Waals surface area contributed by atoms with Crippen molar-refractivity contribution in [2.45, 2.75) is 96.8 Å². The van der Waals surface area contributed by atoms with Crippen molar-refractivity contribution in [2.75, 3.05) is 0 Å². The van der Waals surface area contributed by atoms with Crippen molar-refractivity contribution in [1.82, 2.24) is 0 Å². The van der Waals surface area contributed by atoms with Gasteiger partial charge in [-0.25, -0.2) is 0 Å². The summed E-state index contributed by atoms with van der Waals surface area (Å²) in [4.78, 5) is 10.4. The topological polar surface area (TPSA) is 37.3 Å². The van der Waals surface area contributed by atoms with Crippen LogP contribution in [-0.4, -0.2) is 11.1 Å². The minimum Gasteiger partial charge on any atom is -0.481 e. The average Bonchev–Trinajstić information content (AvgIpc) is 2.86. The Kier molecular flexibility index (Phi) is 9.78. The lowest BCUT2D eigenvalue weighted by Gasteiger charge is -2.19. The Bertz CT molecular complexity index is 250. The van der Waals surface area contributed by atoms with Crippen LogP contribution in [0.25, 0.3) is 0 Å². The minimum atomic E-state index is -0.645. The number of unbranched alkanes of at least 4 members (excludes halogenated alkanes) is 6. The normalized spacial score (nSPS) is 22.2. The third-order valence-corrected chi connectivity index (χ3v) is 4.96. The van der Waals surface area contributed by atoms with Crippen LogP contribution in [0.1, 0.15) is 96.8 Å². The molecule has 1 N–H and O–H groups in total. The minimum absolute atomic E-state index is 0.351. The van der Waals surface area contributed by atoms with E-state index in [1.165, 1.54) is 70.6 Å².